The lowest BCUT2D eigenvalue weighted by Crippen LogP contribution is -2.32. The highest BCUT2D eigenvalue weighted by Gasteiger charge is 2.12. The third-order valence-corrected chi connectivity index (χ3v) is 1.92. The minimum absolute atomic E-state index is 0. The van der Waals surface area contributed by atoms with Gasteiger partial charge < -0.3 is 15.8 Å². The van der Waals surface area contributed by atoms with E-state index in [1.807, 2.05) is 0 Å². The Bertz CT molecular complexity index is 389. The quantitative estimate of drug-likeness (QED) is 0.867. The summed E-state index contributed by atoms with van der Waals surface area (Å²) in [4.78, 5) is 11.4. The fraction of sp³-hybridized carbons (Fsp3) is 0.364. The van der Waals surface area contributed by atoms with Crippen LogP contribution in [0.1, 0.15) is 6.92 Å². The van der Waals surface area contributed by atoms with E-state index in [0.717, 1.165) is 0 Å². The zero-order valence-corrected chi connectivity index (χ0v) is 10.5. The van der Waals surface area contributed by atoms with E-state index in [9.17, 15) is 13.6 Å². The van der Waals surface area contributed by atoms with Gasteiger partial charge in [-0.2, -0.15) is 0 Å². The van der Waals surface area contributed by atoms with E-state index in [2.05, 4.69) is 5.32 Å². The molecular weight excluding hydrogens is 266 g/mol. The average Bonchev–Trinajstić information content (AvgIpc) is 2.27. The van der Waals surface area contributed by atoms with E-state index in [4.69, 9.17) is 10.5 Å². The predicted molar refractivity (Wildman–Crippen MR) is 67.5 cm³/mol. The fourth-order valence-corrected chi connectivity index (χ4v) is 1.10. The number of hydrogen-bond acceptors (Lipinski definition) is 3. The van der Waals surface area contributed by atoms with Crippen LogP contribution in [0.2, 0.25) is 0 Å². The molecule has 0 unspecified atom stereocenters. The summed E-state index contributed by atoms with van der Waals surface area (Å²) >= 11 is 0. The van der Waals surface area contributed by atoms with E-state index < -0.39 is 25.0 Å². The molecule has 0 saturated heterocycles. The average molecular weight is 281 g/mol. The van der Waals surface area contributed by atoms with Crippen molar-refractivity contribution in [1.82, 2.24) is 0 Å². The molecule has 0 aliphatic heterocycles. The van der Waals surface area contributed by atoms with Crippen LogP contribution in [-0.2, 0) is 4.79 Å². The molecule has 0 aromatic heterocycles. The Hall–Kier alpha value is -1.40. The lowest BCUT2D eigenvalue weighted by Gasteiger charge is -2.13. The first-order chi connectivity index (χ1) is 8.00. The SMILES string of the molecule is C[C@H](N)C(=O)Nc1ccccc1OCC(F)F.Cl. The maximum absolute atomic E-state index is 12.0. The molecule has 0 aliphatic carbocycles. The summed E-state index contributed by atoms with van der Waals surface area (Å²) in [5.74, 6) is -0.208. The van der Waals surface area contributed by atoms with Crippen LogP contribution in [0.3, 0.4) is 0 Å². The normalized spacial score (nSPS) is 11.6. The van der Waals surface area contributed by atoms with Crippen molar-refractivity contribution in [3.05, 3.63) is 24.3 Å². The maximum atomic E-state index is 12.0. The van der Waals surface area contributed by atoms with Gasteiger partial charge in [-0.25, -0.2) is 8.78 Å². The number of nitrogens with one attached hydrogen (secondary N) is 1. The van der Waals surface area contributed by atoms with Gasteiger partial charge in [0, 0.05) is 0 Å². The molecule has 1 aromatic carbocycles. The minimum atomic E-state index is -2.56. The van der Waals surface area contributed by atoms with Gasteiger partial charge in [-0.3, -0.25) is 4.79 Å². The van der Waals surface area contributed by atoms with Gasteiger partial charge in [0.15, 0.2) is 0 Å². The van der Waals surface area contributed by atoms with E-state index in [1.54, 1.807) is 18.2 Å². The Morgan fingerprint density at radius 3 is 2.61 bits per heavy atom. The molecule has 0 fully saturated rings. The monoisotopic (exact) mass is 280 g/mol. The third kappa shape index (κ3) is 5.29. The van der Waals surface area contributed by atoms with Crippen LogP contribution in [0.5, 0.6) is 5.75 Å². The molecule has 0 saturated carbocycles. The number of benzene rings is 1. The molecule has 102 valence electrons. The van der Waals surface area contributed by atoms with Crippen molar-refractivity contribution in [2.45, 2.75) is 19.4 Å². The molecular formula is C11H15ClF2N2O2. The molecule has 0 spiro atoms. The van der Waals surface area contributed by atoms with Crippen LogP contribution >= 0.6 is 12.4 Å². The van der Waals surface area contributed by atoms with Crippen LogP contribution in [0.25, 0.3) is 0 Å². The molecule has 0 aliphatic rings. The second-order valence-electron chi connectivity index (χ2n) is 3.48. The summed E-state index contributed by atoms with van der Waals surface area (Å²) in [6, 6.07) is 5.66. The lowest BCUT2D eigenvalue weighted by molar-refractivity contribution is -0.117. The number of nitrogens with two attached hydrogens (primary N) is 1. The van der Waals surface area contributed by atoms with Crippen molar-refractivity contribution in [3.8, 4) is 5.75 Å². The van der Waals surface area contributed by atoms with Crippen LogP contribution in [-0.4, -0.2) is 25.0 Å². The second kappa shape index (κ2) is 7.84. The first-order valence-corrected chi connectivity index (χ1v) is 5.07. The van der Waals surface area contributed by atoms with E-state index in [1.165, 1.54) is 13.0 Å². The van der Waals surface area contributed by atoms with Crippen LogP contribution < -0.4 is 15.8 Å². The molecule has 3 N–H and O–H groups in total. The lowest BCUT2D eigenvalue weighted by atomic mass is 10.2. The molecule has 4 nitrogen and oxygen atoms in total. The van der Waals surface area contributed by atoms with Gasteiger partial charge in [-0.05, 0) is 19.1 Å². The molecule has 7 heteroatoms. The molecule has 0 heterocycles. The molecule has 0 radical (unpaired) electrons. The summed E-state index contributed by atoms with van der Waals surface area (Å²) in [5.41, 5.74) is 5.71. The molecule has 18 heavy (non-hydrogen) atoms. The standard InChI is InChI=1S/C11H14F2N2O2.ClH/c1-7(14)11(16)15-8-4-2-3-5-9(8)17-6-10(12)13;/h2-5,7,10H,6,14H2,1H3,(H,15,16);1H/t7-;/m0./s1. The Kier molecular flexibility index (Phi) is 7.23. The number of amides is 1. The molecule has 1 rings (SSSR count). The van der Waals surface area contributed by atoms with Crippen LogP contribution in [0.15, 0.2) is 24.3 Å². The van der Waals surface area contributed by atoms with Gasteiger partial charge in [0.2, 0.25) is 5.91 Å². The Morgan fingerprint density at radius 2 is 2.06 bits per heavy atom. The van der Waals surface area contributed by atoms with Crippen LogP contribution in [0, 0.1) is 0 Å². The second-order valence-corrected chi connectivity index (χ2v) is 3.48. The zero-order valence-electron chi connectivity index (χ0n) is 9.73. The summed E-state index contributed by atoms with van der Waals surface area (Å²) in [6.07, 6.45) is -2.56. The van der Waals surface area contributed by atoms with Gasteiger partial charge in [0.05, 0.1) is 11.7 Å². The van der Waals surface area contributed by atoms with E-state index in [0.29, 0.717) is 5.69 Å². The Morgan fingerprint density at radius 1 is 1.44 bits per heavy atom. The third-order valence-electron chi connectivity index (χ3n) is 1.92. The van der Waals surface area contributed by atoms with Crippen molar-refractivity contribution in [1.29, 1.82) is 0 Å². The van der Waals surface area contributed by atoms with Gasteiger partial charge >= 0.3 is 0 Å². The number of para-hydroxylation sites is 2. The highest BCUT2D eigenvalue weighted by molar-refractivity contribution is 5.95. The number of carbonyl (C=O) groups is 1. The Labute approximate surface area is 110 Å². The van der Waals surface area contributed by atoms with Crippen molar-refractivity contribution >= 4 is 24.0 Å². The minimum Gasteiger partial charge on any atom is -0.485 e. The smallest absolute Gasteiger partial charge is 0.272 e. The van der Waals surface area contributed by atoms with Crippen molar-refractivity contribution < 1.29 is 18.3 Å². The van der Waals surface area contributed by atoms with Crippen molar-refractivity contribution in [2.24, 2.45) is 5.73 Å². The maximum Gasteiger partial charge on any atom is 0.272 e. The van der Waals surface area contributed by atoms with Gasteiger partial charge in [-0.1, -0.05) is 12.1 Å². The number of ether oxygens (including phenoxy) is 1. The summed E-state index contributed by atoms with van der Waals surface area (Å²) in [6.45, 7) is 0.809. The van der Waals surface area contributed by atoms with Gasteiger partial charge in [0.1, 0.15) is 12.4 Å². The van der Waals surface area contributed by atoms with Crippen LogP contribution in [0.4, 0.5) is 14.5 Å². The van der Waals surface area contributed by atoms with E-state index in [-0.39, 0.29) is 18.2 Å². The van der Waals surface area contributed by atoms with Gasteiger partial charge in [-0.15, -0.1) is 12.4 Å². The Balaban J connectivity index is 0.00000289. The molecule has 0 bridgehead atoms. The first kappa shape index (κ1) is 16.6. The van der Waals surface area contributed by atoms with E-state index >= 15 is 0 Å². The number of rotatable bonds is 5. The summed E-state index contributed by atoms with van der Waals surface area (Å²) < 4.78 is 28.9. The number of alkyl halides is 2. The van der Waals surface area contributed by atoms with Crippen molar-refractivity contribution in [3.63, 3.8) is 0 Å². The highest BCUT2D eigenvalue weighted by Crippen LogP contribution is 2.24. The predicted octanol–water partition coefficient (Wildman–Crippen LogP) is 2.04. The van der Waals surface area contributed by atoms with Crippen molar-refractivity contribution in [2.75, 3.05) is 11.9 Å². The largest absolute Gasteiger partial charge is 0.485 e. The number of anilines is 1. The molecule has 1 aromatic rings. The van der Waals surface area contributed by atoms with Gasteiger partial charge in [0.25, 0.3) is 6.43 Å². The molecule has 1 atom stereocenters. The molecule has 1 amide bonds. The first-order valence-electron chi connectivity index (χ1n) is 5.07. The number of hydrogen-bond donors (Lipinski definition) is 2. The fourth-order valence-electron chi connectivity index (χ4n) is 1.10. The topological polar surface area (TPSA) is 64.4 Å². The summed E-state index contributed by atoms with van der Waals surface area (Å²) in [5, 5.41) is 2.50. The number of carbonyl (C=O) groups excluding carboxylic acids is 1. The highest BCUT2D eigenvalue weighted by atomic mass is 35.5. The zero-order chi connectivity index (χ0) is 12.8. The number of halogens is 3. The summed E-state index contributed by atoms with van der Waals surface area (Å²) in [7, 11) is 0.